The van der Waals surface area contributed by atoms with Crippen LogP contribution in [0.4, 0.5) is 0 Å². The molecule has 0 bridgehead atoms. The van der Waals surface area contributed by atoms with Crippen molar-refractivity contribution >= 4 is 14.8 Å². The van der Waals surface area contributed by atoms with Gasteiger partial charge in [0.25, 0.3) is 0 Å². The van der Waals surface area contributed by atoms with Crippen molar-refractivity contribution in [1.82, 2.24) is 5.32 Å². The van der Waals surface area contributed by atoms with Crippen LogP contribution in [-0.4, -0.2) is 60.8 Å². The summed E-state index contributed by atoms with van der Waals surface area (Å²) in [4.78, 5) is 10.4. The van der Waals surface area contributed by atoms with Crippen molar-refractivity contribution in [3.8, 4) is 0 Å². The van der Waals surface area contributed by atoms with E-state index in [9.17, 15) is 4.79 Å². The Kier molecular flexibility index (Phi) is 9.15. The fraction of sp³-hybridized carbons (Fsp3) is 0.900. The lowest BCUT2D eigenvalue weighted by Gasteiger charge is -2.32. The Morgan fingerprint density at radius 2 is 1.83 bits per heavy atom. The van der Waals surface area contributed by atoms with Gasteiger partial charge in [-0.15, -0.1) is 0 Å². The number of carbonyl (C=O) groups is 1. The molecule has 0 aromatic rings. The molecule has 0 saturated carbocycles. The molecule has 0 saturated heterocycles. The van der Waals surface area contributed by atoms with E-state index in [-0.39, 0.29) is 12.1 Å². The molecule has 1 unspecified atom stereocenters. The molecule has 0 heterocycles. The van der Waals surface area contributed by atoms with Crippen LogP contribution in [0, 0.1) is 0 Å². The maximum atomic E-state index is 10.4. The summed E-state index contributed by atoms with van der Waals surface area (Å²) in [6.07, 6.45) is 1.42. The van der Waals surface area contributed by atoms with Gasteiger partial charge in [-0.05, 0) is 25.9 Å². The van der Waals surface area contributed by atoms with Crippen molar-refractivity contribution in [3.05, 3.63) is 0 Å². The first-order chi connectivity index (χ1) is 8.56. The summed E-state index contributed by atoms with van der Waals surface area (Å²) in [5.41, 5.74) is 5.64. The molecule has 0 aromatic heterocycles. The molecule has 0 aromatic carbocycles. The number of rotatable bonds is 11. The van der Waals surface area contributed by atoms with E-state index in [2.05, 4.69) is 5.32 Å². The lowest BCUT2D eigenvalue weighted by atomic mass is 10.2. The second-order valence-electron chi connectivity index (χ2n) is 3.85. The Hall–Kier alpha value is -0.513. The van der Waals surface area contributed by atoms with Gasteiger partial charge in [-0.2, -0.15) is 0 Å². The van der Waals surface area contributed by atoms with Gasteiger partial charge in [0.05, 0.1) is 6.54 Å². The lowest BCUT2D eigenvalue weighted by molar-refractivity contribution is -0.135. The second-order valence-corrected chi connectivity index (χ2v) is 7.10. The third-order valence-corrected chi connectivity index (χ3v) is 6.10. The van der Waals surface area contributed by atoms with Crippen molar-refractivity contribution in [3.63, 3.8) is 0 Å². The molecule has 0 fully saturated rings. The minimum absolute atomic E-state index is 0.0587. The van der Waals surface area contributed by atoms with E-state index in [1.807, 2.05) is 0 Å². The smallest absolute Gasteiger partial charge is 0.480 e. The summed E-state index contributed by atoms with van der Waals surface area (Å²) in [6.45, 7) is 1.01. The SMILES string of the molecule is CO[Si](OC)(OC)C(CCN)CCNCC(=O)O. The zero-order chi connectivity index (χ0) is 14.0. The Bertz CT molecular complexity index is 230. The van der Waals surface area contributed by atoms with Gasteiger partial charge in [-0.3, -0.25) is 4.79 Å². The van der Waals surface area contributed by atoms with Crippen molar-refractivity contribution in [2.24, 2.45) is 5.73 Å². The molecule has 4 N–H and O–H groups in total. The van der Waals surface area contributed by atoms with Gasteiger partial charge in [-0.1, -0.05) is 0 Å². The van der Waals surface area contributed by atoms with Crippen molar-refractivity contribution in [2.75, 3.05) is 41.0 Å². The zero-order valence-corrected chi connectivity index (χ0v) is 12.3. The van der Waals surface area contributed by atoms with E-state index in [1.54, 1.807) is 21.3 Å². The summed E-state index contributed by atoms with van der Waals surface area (Å²) in [5, 5.41) is 11.4. The second kappa shape index (κ2) is 9.42. The van der Waals surface area contributed by atoms with Crippen LogP contribution in [0.2, 0.25) is 5.54 Å². The van der Waals surface area contributed by atoms with E-state index in [0.29, 0.717) is 19.5 Å². The van der Waals surface area contributed by atoms with Crippen molar-refractivity contribution < 1.29 is 23.2 Å². The number of nitrogens with two attached hydrogens (primary N) is 1. The highest BCUT2D eigenvalue weighted by molar-refractivity contribution is 6.62. The monoisotopic (exact) mass is 280 g/mol. The third-order valence-electron chi connectivity index (χ3n) is 2.81. The van der Waals surface area contributed by atoms with Gasteiger partial charge in [0.2, 0.25) is 0 Å². The maximum absolute atomic E-state index is 10.4. The van der Waals surface area contributed by atoms with E-state index >= 15 is 0 Å². The molecule has 0 radical (unpaired) electrons. The van der Waals surface area contributed by atoms with Crippen LogP contribution in [0.5, 0.6) is 0 Å². The summed E-state index contributed by atoms with van der Waals surface area (Å²) >= 11 is 0. The van der Waals surface area contributed by atoms with Gasteiger partial charge in [-0.25, -0.2) is 0 Å². The van der Waals surface area contributed by atoms with Crippen LogP contribution in [0.1, 0.15) is 12.8 Å². The molecule has 0 aliphatic rings. The molecule has 18 heavy (non-hydrogen) atoms. The number of hydrogen-bond donors (Lipinski definition) is 3. The molecular formula is C10H24N2O5Si. The highest BCUT2D eigenvalue weighted by Gasteiger charge is 2.46. The van der Waals surface area contributed by atoms with E-state index in [0.717, 1.165) is 6.42 Å². The standard InChI is InChI=1S/C10H24N2O5Si/c1-15-18(16-2,17-3)9(4-6-11)5-7-12-8-10(13)14/h9,12H,4-8,11H2,1-3H3,(H,13,14). The van der Waals surface area contributed by atoms with Crippen LogP contribution in [-0.2, 0) is 18.1 Å². The van der Waals surface area contributed by atoms with Crippen LogP contribution in [0.3, 0.4) is 0 Å². The largest absolute Gasteiger partial charge is 0.503 e. The Morgan fingerprint density at radius 1 is 1.28 bits per heavy atom. The summed E-state index contributed by atoms with van der Waals surface area (Å²) in [6, 6.07) is 0. The highest BCUT2D eigenvalue weighted by Crippen LogP contribution is 2.30. The molecule has 0 aliphatic heterocycles. The summed E-state index contributed by atoms with van der Waals surface area (Å²) < 4.78 is 16.3. The van der Waals surface area contributed by atoms with Crippen molar-refractivity contribution in [1.29, 1.82) is 0 Å². The molecule has 0 rings (SSSR count). The number of carboxylic acid groups (broad SMARTS) is 1. The Balaban J connectivity index is 4.38. The first-order valence-corrected chi connectivity index (χ1v) is 7.64. The van der Waals surface area contributed by atoms with Gasteiger partial charge >= 0.3 is 14.8 Å². The lowest BCUT2D eigenvalue weighted by Crippen LogP contribution is -2.49. The quantitative estimate of drug-likeness (QED) is 0.351. The van der Waals surface area contributed by atoms with Gasteiger partial charge in [0, 0.05) is 26.9 Å². The first kappa shape index (κ1) is 17.5. The van der Waals surface area contributed by atoms with Crippen molar-refractivity contribution in [2.45, 2.75) is 18.4 Å². The number of aliphatic carboxylic acids is 1. The Labute approximate surface area is 109 Å². The van der Waals surface area contributed by atoms with Gasteiger partial charge < -0.3 is 29.4 Å². The van der Waals surface area contributed by atoms with Crippen LogP contribution in [0.15, 0.2) is 0 Å². The van der Waals surface area contributed by atoms with Gasteiger partial charge in [0.1, 0.15) is 0 Å². The summed E-state index contributed by atoms with van der Waals surface area (Å²) in [7, 11) is 1.98. The predicted octanol–water partition coefficient (Wildman–Crippen LogP) is -0.352. The zero-order valence-electron chi connectivity index (χ0n) is 11.3. The number of carboxylic acids is 1. The average Bonchev–Trinajstić information content (AvgIpc) is 2.36. The topological polar surface area (TPSA) is 103 Å². The molecule has 1 atom stereocenters. The summed E-state index contributed by atoms with van der Waals surface area (Å²) in [5.74, 6) is -0.876. The predicted molar refractivity (Wildman–Crippen MR) is 69.3 cm³/mol. The molecule has 0 aliphatic carbocycles. The van der Waals surface area contributed by atoms with E-state index in [1.165, 1.54) is 0 Å². The van der Waals surface area contributed by atoms with E-state index < -0.39 is 14.8 Å². The molecule has 108 valence electrons. The first-order valence-electron chi connectivity index (χ1n) is 5.84. The van der Waals surface area contributed by atoms with Crippen LogP contribution in [0.25, 0.3) is 0 Å². The fourth-order valence-electron chi connectivity index (χ4n) is 1.92. The van der Waals surface area contributed by atoms with Gasteiger partial charge in [0.15, 0.2) is 0 Å². The Morgan fingerprint density at radius 3 is 2.22 bits per heavy atom. The fourth-order valence-corrected chi connectivity index (χ4v) is 4.44. The highest BCUT2D eigenvalue weighted by atomic mass is 28.4. The van der Waals surface area contributed by atoms with Crippen LogP contribution < -0.4 is 11.1 Å². The molecule has 8 heteroatoms. The molecule has 0 spiro atoms. The minimum atomic E-state index is -2.71. The van der Waals surface area contributed by atoms with E-state index in [4.69, 9.17) is 24.1 Å². The number of hydrogen-bond acceptors (Lipinski definition) is 6. The molecule has 7 nitrogen and oxygen atoms in total. The average molecular weight is 280 g/mol. The normalized spacial score (nSPS) is 13.6. The van der Waals surface area contributed by atoms with Crippen LogP contribution >= 0.6 is 0 Å². The number of nitrogens with one attached hydrogen (secondary N) is 1. The third kappa shape index (κ3) is 5.42. The molecular weight excluding hydrogens is 256 g/mol. The molecule has 0 amide bonds. The minimum Gasteiger partial charge on any atom is -0.480 e. The maximum Gasteiger partial charge on any atom is 0.503 e.